The molecule has 0 radical (unpaired) electrons. The van der Waals surface area contributed by atoms with Crippen molar-refractivity contribution in [1.82, 2.24) is 20.3 Å². The molecule has 1 aromatic carbocycles. The van der Waals surface area contributed by atoms with Gasteiger partial charge in [0.1, 0.15) is 5.52 Å². The maximum atomic E-state index is 12.8. The number of nitrogens with one attached hydrogen (secondary N) is 3. The fourth-order valence-electron chi connectivity index (χ4n) is 2.99. The number of anilines is 1. The molecule has 0 aliphatic rings. The van der Waals surface area contributed by atoms with Crippen LogP contribution in [0, 0.1) is 5.41 Å². The summed E-state index contributed by atoms with van der Waals surface area (Å²) in [6.45, 7) is 8.21. The lowest BCUT2D eigenvalue weighted by atomic mass is 9.88. The number of aromatic amines is 1. The molecule has 8 heteroatoms. The van der Waals surface area contributed by atoms with Gasteiger partial charge < -0.3 is 15.6 Å². The van der Waals surface area contributed by atoms with E-state index in [0.29, 0.717) is 27.3 Å². The molecular formula is C24H25N5O2S. The highest BCUT2D eigenvalue weighted by Gasteiger charge is 2.24. The molecule has 3 heterocycles. The molecule has 0 spiro atoms. The molecule has 1 atom stereocenters. The number of thiophene rings is 1. The van der Waals surface area contributed by atoms with Crippen molar-refractivity contribution >= 4 is 40.0 Å². The van der Waals surface area contributed by atoms with E-state index in [2.05, 4.69) is 46.4 Å². The van der Waals surface area contributed by atoms with Crippen LogP contribution in [0.1, 0.15) is 47.7 Å². The van der Waals surface area contributed by atoms with Crippen LogP contribution in [0.4, 0.5) is 5.69 Å². The van der Waals surface area contributed by atoms with Crippen LogP contribution in [0.3, 0.4) is 0 Å². The number of rotatable bonds is 5. The van der Waals surface area contributed by atoms with E-state index < -0.39 is 0 Å². The lowest BCUT2D eigenvalue weighted by Crippen LogP contribution is -2.41. The fraction of sp³-hybridized carbons (Fsp3) is 0.250. The Labute approximate surface area is 190 Å². The first kappa shape index (κ1) is 21.7. The van der Waals surface area contributed by atoms with Crippen LogP contribution < -0.4 is 10.6 Å². The topological polar surface area (TPSA) is 99.8 Å². The third-order valence-electron chi connectivity index (χ3n) is 5.39. The minimum Gasteiger partial charge on any atom is -0.349 e. The summed E-state index contributed by atoms with van der Waals surface area (Å²) in [5.74, 6) is -0.376. The standard InChI is InChI=1S/C24H25N5O2S/c1-14(24(2,3)4)27-22(30)16-12-25-21-20(16)29-17(13-26-21)18-10-11-19(32-18)23(31)28-15-8-6-5-7-9-15/h5-14H,1-4H3,(H,25,26)(H,27,30)(H,28,31). The van der Waals surface area contributed by atoms with Gasteiger partial charge >= 0.3 is 0 Å². The third-order valence-corrected chi connectivity index (χ3v) is 6.49. The predicted molar refractivity (Wildman–Crippen MR) is 128 cm³/mol. The smallest absolute Gasteiger partial charge is 0.265 e. The summed E-state index contributed by atoms with van der Waals surface area (Å²) in [5.41, 5.74) is 2.78. The molecule has 0 fully saturated rings. The highest BCUT2D eigenvalue weighted by atomic mass is 32.1. The molecule has 0 aliphatic heterocycles. The normalized spacial score (nSPS) is 12.5. The monoisotopic (exact) mass is 447 g/mol. The molecule has 0 bridgehead atoms. The summed E-state index contributed by atoms with van der Waals surface area (Å²) in [4.78, 5) is 38.9. The van der Waals surface area contributed by atoms with Crippen LogP contribution in [0.2, 0.25) is 0 Å². The molecule has 0 saturated carbocycles. The Balaban J connectivity index is 1.57. The molecule has 0 aliphatic carbocycles. The molecule has 3 N–H and O–H groups in total. The Morgan fingerprint density at radius 3 is 2.53 bits per heavy atom. The Morgan fingerprint density at radius 1 is 1.06 bits per heavy atom. The Kier molecular flexibility index (Phi) is 5.80. The number of amides is 2. The number of aromatic nitrogens is 3. The van der Waals surface area contributed by atoms with Gasteiger partial charge in [-0.15, -0.1) is 11.3 Å². The highest BCUT2D eigenvalue weighted by molar-refractivity contribution is 7.17. The van der Waals surface area contributed by atoms with E-state index in [0.717, 1.165) is 10.6 Å². The van der Waals surface area contributed by atoms with Crippen LogP contribution in [-0.4, -0.2) is 32.8 Å². The average molecular weight is 448 g/mol. The zero-order valence-corrected chi connectivity index (χ0v) is 19.2. The number of carbonyl (C=O) groups excluding carboxylic acids is 2. The van der Waals surface area contributed by atoms with E-state index in [1.54, 1.807) is 18.5 Å². The van der Waals surface area contributed by atoms with E-state index in [1.807, 2.05) is 43.3 Å². The molecule has 7 nitrogen and oxygen atoms in total. The number of hydrogen-bond acceptors (Lipinski definition) is 5. The Hall–Kier alpha value is -3.52. The van der Waals surface area contributed by atoms with Crippen molar-refractivity contribution < 1.29 is 9.59 Å². The molecule has 164 valence electrons. The molecule has 4 aromatic rings. The van der Waals surface area contributed by atoms with Gasteiger partial charge in [-0.2, -0.15) is 0 Å². The van der Waals surface area contributed by atoms with Gasteiger partial charge in [0.05, 0.1) is 27.2 Å². The maximum absolute atomic E-state index is 12.8. The van der Waals surface area contributed by atoms with Gasteiger partial charge in [-0.1, -0.05) is 39.0 Å². The molecule has 3 aromatic heterocycles. The van der Waals surface area contributed by atoms with Crippen molar-refractivity contribution in [3.63, 3.8) is 0 Å². The first-order chi connectivity index (χ1) is 15.2. The zero-order chi connectivity index (χ0) is 22.9. The van der Waals surface area contributed by atoms with Crippen molar-refractivity contribution in [2.75, 3.05) is 5.32 Å². The molecule has 4 rings (SSSR count). The third kappa shape index (κ3) is 4.55. The van der Waals surface area contributed by atoms with Crippen LogP contribution >= 0.6 is 11.3 Å². The van der Waals surface area contributed by atoms with Crippen molar-refractivity contribution in [2.24, 2.45) is 5.41 Å². The number of carbonyl (C=O) groups is 2. The largest absolute Gasteiger partial charge is 0.349 e. The first-order valence-corrected chi connectivity index (χ1v) is 11.2. The van der Waals surface area contributed by atoms with Crippen molar-refractivity contribution in [3.05, 3.63) is 65.3 Å². The summed E-state index contributed by atoms with van der Waals surface area (Å²) < 4.78 is 0. The van der Waals surface area contributed by atoms with E-state index in [4.69, 9.17) is 0 Å². The lowest BCUT2D eigenvalue weighted by Gasteiger charge is -2.27. The van der Waals surface area contributed by atoms with Crippen LogP contribution in [0.5, 0.6) is 0 Å². The van der Waals surface area contributed by atoms with Gasteiger partial charge in [0.15, 0.2) is 5.65 Å². The SMILES string of the molecule is CC(NC(=O)c1c[nH]c2ncc(-c3ccc(C(=O)Nc4ccccc4)s3)nc12)C(C)(C)C. The summed E-state index contributed by atoms with van der Waals surface area (Å²) in [6.07, 6.45) is 3.27. The van der Waals surface area contributed by atoms with Crippen molar-refractivity contribution in [2.45, 2.75) is 33.7 Å². The molecular weight excluding hydrogens is 422 g/mol. The Bertz CT molecular complexity index is 1270. The molecule has 2 amide bonds. The number of nitrogens with zero attached hydrogens (tertiary/aromatic N) is 2. The van der Waals surface area contributed by atoms with Gasteiger partial charge in [-0.05, 0) is 36.6 Å². The zero-order valence-electron chi connectivity index (χ0n) is 18.4. The molecule has 32 heavy (non-hydrogen) atoms. The van der Waals surface area contributed by atoms with E-state index in [9.17, 15) is 9.59 Å². The summed E-state index contributed by atoms with van der Waals surface area (Å²) in [5, 5.41) is 5.92. The van der Waals surface area contributed by atoms with Crippen LogP contribution in [0.25, 0.3) is 21.7 Å². The van der Waals surface area contributed by atoms with E-state index in [1.165, 1.54) is 11.3 Å². The average Bonchev–Trinajstić information content (AvgIpc) is 3.41. The van der Waals surface area contributed by atoms with Crippen LogP contribution in [-0.2, 0) is 0 Å². The first-order valence-electron chi connectivity index (χ1n) is 10.3. The minimum absolute atomic E-state index is 0.0147. The number of hydrogen-bond donors (Lipinski definition) is 3. The van der Waals surface area contributed by atoms with Gasteiger partial charge in [-0.25, -0.2) is 9.97 Å². The van der Waals surface area contributed by atoms with Crippen molar-refractivity contribution in [1.29, 1.82) is 0 Å². The second-order valence-corrected chi connectivity index (χ2v) is 9.78. The number of fused-ring (bicyclic) bond motifs is 1. The van der Waals surface area contributed by atoms with Crippen LogP contribution in [0.15, 0.2) is 54.9 Å². The maximum Gasteiger partial charge on any atom is 0.265 e. The summed E-state index contributed by atoms with van der Waals surface area (Å²) in [7, 11) is 0. The number of H-pyrrole nitrogens is 1. The lowest BCUT2D eigenvalue weighted by molar-refractivity contribution is 0.0911. The summed E-state index contributed by atoms with van der Waals surface area (Å²) in [6, 6.07) is 12.9. The van der Waals surface area contributed by atoms with E-state index >= 15 is 0 Å². The van der Waals surface area contributed by atoms with Gasteiger partial charge in [0, 0.05) is 17.9 Å². The number of benzene rings is 1. The second kappa shape index (κ2) is 8.55. The van der Waals surface area contributed by atoms with E-state index in [-0.39, 0.29) is 23.3 Å². The van der Waals surface area contributed by atoms with Gasteiger partial charge in [-0.3, -0.25) is 9.59 Å². The molecule has 1 unspecified atom stereocenters. The van der Waals surface area contributed by atoms with Gasteiger partial charge in [0.2, 0.25) is 0 Å². The Morgan fingerprint density at radius 2 is 1.81 bits per heavy atom. The second-order valence-electron chi connectivity index (χ2n) is 8.70. The van der Waals surface area contributed by atoms with Gasteiger partial charge in [0.25, 0.3) is 11.8 Å². The minimum atomic E-state index is -0.195. The fourth-order valence-corrected chi connectivity index (χ4v) is 3.84. The van der Waals surface area contributed by atoms with Crippen molar-refractivity contribution in [3.8, 4) is 10.6 Å². The summed E-state index contributed by atoms with van der Waals surface area (Å²) >= 11 is 1.33. The quantitative estimate of drug-likeness (QED) is 0.396. The molecule has 0 saturated heterocycles. The predicted octanol–water partition coefficient (Wildman–Crippen LogP) is 5.10. The highest BCUT2D eigenvalue weighted by Crippen LogP contribution is 2.29. The number of para-hydroxylation sites is 1.